The van der Waals surface area contributed by atoms with Crippen molar-refractivity contribution >= 4 is 0 Å². The Labute approximate surface area is 104 Å². The molecule has 1 saturated heterocycles. The van der Waals surface area contributed by atoms with Crippen LogP contribution in [-0.2, 0) is 5.54 Å². The summed E-state index contributed by atoms with van der Waals surface area (Å²) in [5, 5.41) is 7.32. The number of hydrogen-bond acceptors (Lipinski definition) is 4. The minimum absolute atomic E-state index is 0.231. The van der Waals surface area contributed by atoms with Gasteiger partial charge in [-0.05, 0) is 50.6 Å². The predicted octanol–water partition coefficient (Wildman–Crippen LogP) is 2.47. The second-order valence-corrected chi connectivity index (χ2v) is 4.79. The molecule has 18 heavy (non-hydrogen) atoms. The summed E-state index contributed by atoms with van der Waals surface area (Å²) in [6.45, 7) is 3.02. The summed E-state index contributed by atoms with van der Waals surface area (Å²) >= 11 is 0. The molecule has 2 heterocycles. The summed E-state index contributed by atoms with van der Waals surface area (Å²) in [5.74, 6) is 0.825. The Hall–Kier alpha value is -1.75. The Bertz CT molecular complexity index is 544. The summed E-state index contributed by atoms with van der Waals surface area (Å²) in [4.78, 5) is 4.40. The first-order chi connectivity index (χ1) is 8.67. The van der Waals surface area contributed by atoms with Gasteiger partial charge < -0.3 is 9.84 Å². The lowest BCUT2D eigenvalue weighted by atomic mass is 10.0. The molecule has 1 fully saturated rings. The van der Waals surface area contributed by atoms with Crippen molar-refractivity contribution in [3.63, 3.8) is 0 Å². The fourth-order valence-corrected chi connectivity index (χ4v) is 2.24. The minimum atomic E-state index is -0.271. The molecule has 94 valence electrons. The molecule has 1 aromatic carbocycles. The van der Waals surface area contributed by atoms with Crippen LogP contribution in [0.2, 0.25) is 0 Å². The van der Waals surface area contributed by atoms with Crippen LogP contribution < -0.4 is 5.32 Å². The van der Waals surface area contributed by atoms with Gasteiger partial charge in [0.2, 0.25) is 11.7 Å². The molecule has 0 bridgehead atoms. The number of nitrogens with zero attached hydrogens (tertiary/aromatic N) is 2. The van der Waals surface area contributed by atoms with Gasteiger partial charge in [-0.1, -0.05) is 5.16 Å². The van der Waals surface area contributed by atoms with Crippen LogP contribution in [0.5, 0.6) is 0 Å². The van der Waals surface area contributed by atoms with E-state index in [4.69, 9.17) is 4.52 Å². The monoisotopic (exact) mass is 247 g/mol. The van der Waals surface area contributed by atoms with Gasteiger partial charge in [0.1, 0.15) is 5.82 Å². The van der Waals surface area contributed by atoms with Crippen molar-refractivity contribution in [2.24, 2.45) is 0 Å². The van der Waals surface area contributed by atoms with Crippen molar-refractivity contribution in [1.82, 2.24) is 15.5 Å². The number of hydrogen-bond donors (Lipinski definition) is 1. The highest BCUT2D eigenvalue weighted by Crippen LogP contribution is 2.30. The number of aromatic nitrogens is 2. The van der Waals surface area contributed by atoms with Crippen LogP contribution in [0.3, 0.4) is 0 Å². The SMILES string of the molecule is CC1(c2nc(-c3ccc(F)cc3)no2)CCCN1. The lowest BCUT2D eigenvalue weighted by molar-refractivity contribution is 0.275. The predicted molar refractivity (Wildman–Crippen MR) is 64.3 cm³/mol. The lowest BCUT2D eigenvalue weighted by Gasteiger charge is -2.18. The average molecular weight is 247 g/mol. The Balaban J connectivity index is 1.91. The fraction of sp³-hybridized carbons (Fsp3) is 0.385. The number of nitrogens with one attached hydrogen (secondary N) is 1. The molecule has 1 atom stereocenters. The van der Waals surface area contributed by atoms with Crippen molar-refractivity contribution in [3.8, 4) is 11.4 Å². The van der Waals surface area contributed by atoms with Gasteiger partial charge in [-0.25, -0.2) is 4.39 Å². The highest BCUT2D eigenvalue weighted by Gasteiger charge is 2.35. The molecule has 3 rings (SSSR count). The minimum Gasteiger partial charge on any atom is -0.337 e. The van der Waals surface area contributed by atoms with Crippen molar-refractivity contribution in [3.05, 3.63) is 36.0 Å². The van der Waals surface area contributed by atoms with E-state index in [1.54, 1.807) is 12.1 Å². The van der Waals surface area contributed by atoms with E-state index in [1.807, 2.05) is 0 Å². The molecule has 1 unspecified atom stereocenters. The van der Waals surface area contributed by atoms with Crippen LogP contribution in [0.4, 0.5) is 4.39 Å². The van der Waals surface area contributed by atoms with Gasteiger partial charge in [0.05, 0.1) is 5.54 Å². The second-order valence-electron chi connectivity index (χ2n) is 4.79. The first kappa shape index (κ1) is 11.3. The third-order valence-electron chi connectivity index (χ3n) is 3.37. The number of benzene rings is 1. The van der Waals surface area contributed by atoms with E-state index in [0.29, 0.717) is 11.7 Å². The second kappa shape index (κ2) is 4.17. The van der Waals surface area contributed by atoms with Crippen LogP contribution >= 0.6 is 0 Å². The first-order valence-corrected chi connectivity index (χ1v) is 6.02. The molecule has 1 aliphatic rings. The largest absolute Gasteiger partial charge is 0.337 e. The zero-order valence-corrected chi connectivity index (χ0v) is 10.1. The maximum absolute atomic E-state index is 12.8. The molecule has 0 saturated carbocycles. The van der Waals surface area contributed by atoms with Gasteiger partial charge in [0.25, 0.3) is 0 Å². The summed E-state index contributed by atoms with van der Waals surface area (Å²) in [7, 11) is 0. The zero-order valence-electron chi connectivity index (χ0n) is 10.1. The van der Waals surface area contributed by atoms with Gasteiger partial charge in [-0.3, -0.25) is 0 Å². The summed E-state index contributed by atoms with van der Waals surface area (Å²) in [6.07, 6.45) is 2.09. The molecule has 0 spiro atoms. The smallest absolute Gasteiger partial charge is 0.246 e. The van der Waals surface area contributed by atoms with E-state index in [2.05, 4.69) is 22.4 Å². The molecule has 0 aliphatic carbocycles. The fourth-order valence-electron chi connectivity index (χ4n) is 2.24. The Morgan fingerprint density at radius 3 is 2.78 bits per heavy atom. The van der Waals surface area contributed by atoms with E-state index in [1.165, 1.54) is 12.1 Å². The number of halogens is 1. The van der Waals surface area contributed by atoms with Crippen LogP contribution in [0.15, 0.2) is 28.8 Å². The van der Waals surface area contributed by atoms with E-state index >= 15 is 0 Å². The van der Waals surface area contributed by atoms with Gasteiger partial charge in [0.15, 0.2) is 0 Å². The molecular weight excluding hydrogens is 233 g/mol. The Morgan fingerprint density at radius 1 is 1.33 bits per heavy atom. The summed E-state index contributed by atoms with van der Waals surface area (Å²) < 4.78 is 18.2. The van der Waals surface area contributed by atoms with Gasteiger partial charge in [0, 0.05) is 5.56 Å². The van der Waals surface area contributed by atoms with Crippen LogP contribution in [0.1, 0.15) is 25.7 Å². The summed E-state index contributed by atoms with van der Waals surface area (Å²) in [6, 6.07) is 6.07. The third-order valence-corrected chi connectivity index (χ3v) is 3.37. The molecule has 0 amide bonds. The maximum Gasteiger partial charge on any atom is 0.246 e. The maximum atomic E-state index is 12.8. The van der Waals surface area contributed by atoms with Gasteiger partial charge in [-0.2, -0.15) is 4.98 Å². The van der Waals surface area contributed by atoms with E-state index in [-0.39, 0.29) is 11.4 Å². The van der Waals surface area contributed by atoms with Crippen molar-refractivity contribution in [2.45, 2.75) is 25.3 Å². The van der Waals surface area contributed by atoms with Crippen LogP contribution in [0.25, 0.3) is 11.4 Å². The third kappa shape index (κ3) is 1.90. The standard InChI is InChI=1S/C13H14FN3O/c1-13(7-2-8-15-13)12-16-11(17-18-12)9-3-5-10(14)6-4-9/h3-6,15H,2,7-8H2,1H3. The van der Waals surface area contributed by atoms with Crippen molar-refractivity contribution in [1.29, 1.82) is 0 Å². The quantitative estimate of drug-likeness (QED) is 0.885. The van der Waals surface area contributed by atoms with Crippen molar-refractivity contribution < 1.29 is 8.91 Å². The van der Waals surface area contributed by atoms with E-state index < -0.39 is 0 Å². The van der Waals surface area contributed by atoms with Crippen molar-refractivity contribution in [2.75, 3.05) is 6.54 Å². The molecule has 4 nitrogen and oxygen atoms in total. The Kier molecular flexibility index (Phi) is 2.63. The Morgan fingerprint density at radius 2 is 2.11 bits per heavy atom. The molecule has 1 N–H and O–H groups in total. The van der Waals surface area contributed by atoms with E-state index in [0.717, 1.165) is 24.9 Å². The highest BCUT2D eigenvalue weighted by molar-refractivity contribution is 5.53. The van der Waals surface area contributed by atoms with Gasteiger partial charge >= 0.3 is 0 Å². The lowest BCUT2D eigenvalue weighted by Crippen LogP contribution is -2.33. The summed E-state index contributed by atoms with van der Waals surface area (Å²) in [5.41, 5.74) is 0.527. The van der Waals surface area contributed by atoms with Crippen LogP contribution in [0, 0.1) is 5.82 Å². The molecule has 2 aromatic rings. The molecule has 1 aromatic heterocycles. The zero-order chi connectivity index (χ0) is 12.6. The highest BCUT2D eigenvalue weighted by atomic mass is 19.1. The molecule has 1 aliphatic heterocycles. The molecular formula is C13H14FN3O. The first-order valence-electron chi connectivity index (χ1n) is 6.02. The normalized spacial score (nSPS) is 23.4. The molecule has 0 radical (unpaired) electrons. The number of rotatable bonds is 2. The average Bonchev–Trinajstić information content (AvgIpc) is 2.99. The molecule has 5 heteroatoms. The topological polar surface area (TPSA) is 51.0 Å². The van der Waals surface area contributed by atoms with Crippen LogP contribution in [-0.4, -0.2) is 16.7 Å². The van der Waals surface area contributed by atoms with E-state index in [9.17, 15) is 4.39 Å². The van der Waals surface area contributed by atoms with Gasteiger partial charge in [-0.15, -0.1) is 0 Å².